The third-order valence-electron chi connectivity index (χ3n) is 2.81. The molecule has 4 heteroatoms. The number of aliphatic carboxylic acids is 1. The highest BCUT2D eigenvalue weighted by Gasteiger charge is 2.16. The zero-order chi connectivity index (χ0) is 9.68. The molecule has 0 aromatic rings. The number of halogens is 1. The lowest BCUT2D eigenvalue weighted by atomic mass is 9.89. The molecule has 0 aliphatic heterocycles. The van der Waals surface area contributed by atoms with Gasteiger partial charge in [0.05, 0.1) is 0 Å². The van der Waals surface area contributed by atoms with Crippen molar-refractivity contribution in [2.45, 2.75) is 45.1 Å². The molecule has 0 spiro atoms. The number of carbonyl (C=O) groups is 1. The molecule has 1 unspecified atom stereocenters. The van der Waals surface area contributed by atoms with Gasteiger partial charge in [0, 0.05) is 0 Å². The van der Waals surface area contributed by atoms with Gasteiger partial charge in [-0.1, -0.05) is 19.3 Å². The van der Waals surface area contributed by atoms with E-state index < -0.39 is 12.0 Å². The first-order valence-corrected chi connectivity index (χ1v) is 5.16. The maximum Gasteiger partial charge on any atom is 0.320 e. The number of hydrogen-bond acceptors (Lipinski definition) is 2. The van der Waals surface area contributed by atoms with Gasteiger partial charge in [-0.25, -0.2) is 0 Å². The second kappa shape index (κ2) is 7.07. The predicted molar refractivity (Wildman–Crippen MR) is 58.9 cm³/mol. The van der Waals surface area contributed by atoms with Crippen LogP contribution < -0.4 is 5.32 Å². The topological polar surface area (TPSA) is 49.3 Å². The minimum atomic E-state index is -0.754. The first-order chi connectivity index (χ1) is 6.20. The van der Waals surface area contributed by atoms with Crippen molar-refractivity contribution in [3.8, 4) is 0 Å². The van der Waals surface area contributed by atoms with Gasteiger partial charge in [-0.2, -0.15) is 0 Å². The van der Waals surface area contributed by atoms with Crippen LogP contribution in [0.3, 0.4) is 0 Å². The number of hydrogen-bond donors (Lipinski definition) is 2. The van der Waals surface area contributed by atoms with E-state index in [0.29, 0.717) is 5.92 Å². The Morgan fingerprint density at radius 3 is 2.50 bits per heavy atom. The summed E-state index contributed by atoms with van der Waals surface area (Å²) < 4.78 is 0. The summed E-state index contributed by atoms with van der Waals surface area (Å²) in [6.07, 6.45) is 6.51. The Kier molecular flexibility index (Phi) is 6.93. The number of rotatable bonds is 4. The van der Waals surface area contributed by atoms with Crippen LogP contribution in [0.2, 0.25) is 0 Å². The van der Waals surface area contributed by atoms with Crippen molar-refractivity contribution < 1.29 is 9.90 Å². The van der Waals surface area contributed by atoms with Gasteiger partial charge in [0.2, 0.25) is 0 Å². The van der Waals surface area contributed by atoms with Gasteiger partial charge in [0.25, 0.3) is 0 Å². The van der Waals surface area contributed by atoms with E-state index in [1.807, 2.05) is 0 Å². The molecule has 1 fully saturated rings. The van der Waals surface area contributed by atoms with E-state index >= 15 is 0 Å². The fourth-order valence-corrected chi connectivity index (χ4v) is 1.82. The van der Waals surface area contributed by atoms with Crippen molar-refractivity contribution in [3.05, 3.63) is 0 Å². The lowest BCUT2D eigenvalue weighted by Gasteiger charge is -2.22. The third-order valence-corrected chi connectivity index (χ3v) is 2.81. The summed E-state index contributed by atoms with van der Waals surface area (Å²) in [5, 5.41) is 11.7. The summed E-state index contributed by atoms with van der Waals surface area (Å²) in [4.78, 5) is 10.5. The van der Waals surface area contributed by atoms with Gasteiger partial charge < -0.3 is 10.4 Å². The molecule has 0 aromatic carbocycles. The summed E-state index contributed by atoms with van der Waals surface area (Å²) in [5.74, 6) is -0.0497. The molecule has 0 radical (unpaired) electrons. The molecule has 1 rings (SSSR count). The summed E-state index contributed by atoms with van der Waals surface area (Å²) in [7, 11) is 0. The average Bonchev–Trinajstić information content (AvgIpc) is 2.15. The van der Waals surface area contributed by atoms with Crippen molar-refractivity contribution in [3.63, 3.8) is 0 Å². The van der Waals surface area contributed by atoms with Gasteiger partial charge in [-0.15, -0.1) is 12.4 Å². The minimum Gasteiger partial charge on any atom is -0.480 e. The largest absolute Gasteiger partial charge is 0.480 e. The predicted octanol–water partition coefficient (Wildman–Crippen LogP) is 2.05. The highest BCUT2D eigenvalue weighted by atomic mass is 35.5. The van der Waals surface area contributed by atoms with Gasteiger partial charge in [-0.05, 0) is 32.2 Å². The molecule has 0 amide bonds. The van der Waals surface area contributed by atoms with Crippen LogP contribution in [-0.2, 0) is 4.79 Å². The van der Waals surface area contributed by atoms with E-state index in [2.05, 4.69) is 5.32 Å². The first-order valence-electron chi connectivity index (χ1n) is 5.16. The Bertz CT molecular complexity index is 170. The van der Waals surface area contributed by atoms with E-state index in [4.69, 9.17) is 5.11 Å². The van der Waals surface area contributed by atoms with Crippen LogP contribution >= 0.6 is 12.4 Å². The second-order valence-corrected chi connectivity index (χ2v) is 3.97. The fourth-order valence-electron chi connectivity index (χ4n) is 1.82. The van der Waals surface area contributed by atoms with Crippen LogP contribution in [0.25, 0.3) is 0 Å². The number of carboxylic acid groups (broad SMARTS) is 1. The lowest BCUT2D eigenvalue weighted by molar-refractivity contribution is -0.139. The highest BCUT2D eigenvalue weighted by molar-refractivity contribution is 5.85. The zero-order valence-electron chi connectivity index (χ0n) is 8.66. The van der Waals surface area contributed by atoms with Gasteiger partial charge in [-0.3, -0.25) is 4.79 Å². The SMILES string of the molecule is CC(NCC1CCCCC1)C(=O)O.Cl. The Hall–Kier alpha value is -0.280. The van der Waals surface area contributed by atoms with Crippen molar-refractivity contribution in [1.29, 1.82) is 0 Å². The third kappa shape index (κ3) is 4.82. The van der Waals surface area contributed by atoms with Crippen molar-refractivity contribution in [1.82, 2.24) is 5.32 Å². The van der Waals surface area contributed by atoms with E-state index in [-0.39, 0.29) is 12.4 Å². The molecular formula is C10H20ClNO2. The molecular weight excluding hydrogens is 202 g/mol. The Labute approximate surface area is 91.7 Å². The molecule has 1 aliphatic carbocycles. The normalized spacial score (nSPS) is 19.8. The molecule has 14 heavy (non-hydrogen) atoms. The summed E-state index contributed by atoms with van der Waals surface area (Å²) in [6, 6.07) is -0.401. The van der Waals surface area contributed by atoms with Crippen LogP contribution in [-0.4, -0.2) is 23.7 Å². The zero-order valence-corrected chi connectivity index (χ0v) is 9.48. The Balaban J connectivity index is 0.00000169. The van der Waals surface area contributed by atoms with Gasteiger partial charge >= 0.3 is 5.97 Å². The first kappa shape index (κ1) is 13.7. The summed E-state index contributed by atoms with van der Waals surface area (Å²) in [5.41, 5.74) is 0. The molecule has 0 heterocycles. The summed E-state index contributed by atoms with van der Waals surface area (Å²) in [6.45, 7) is 2.57. The van der Waals surface area contributed by atoms with Crippen LogP contribution in [0.1, 0.15) is 39.0 Å². The van der Waals surface area contributed by atoms with E-state index in [9.17, 15) is 4.79 Å². The number of nitrogens with one attached hydrogen (secondary N) is 1. The van der Waals surface area contributed by atoms with Crippen molar-refractivity contribution in [2.24, 2.45) is 5.92 Å². The molecule has 1 atom stereocenters. The molecule has 0 bridgehead atoms. The van der Waals surface area contributed by atoms with Gasteiger partial charge in [0.1, 0.15) is 6.04 Å². The Morgan fingerprint density at radius 2 is 2.00 bits per heavy atom. The Morgan fingerprint density at radius 1 is 1.43 bits per heavy atom. The van der Waals surface area contributed by atoms with E-state index in [1.165, 1.54) is 32.1 Å². The molecule has 1 aliphatic rings. The highest BCUT2D eigenvalue weighted by Crippen LogP contribution is 2.22. The molecule has 0 saturated heterocycles. The lowest BCUT2D eigenvalue weighted by Crippen LogP contribution is -2.37. The quantitative estimate of drug-likeness (QED) is 0.764. The van der Waals surface area contributed by atoms with E-state index in [1.54, 1.807) is 6.92 Å². The van der Waals surface area contributed by atoms with Crippen LogP contribution in [0.4, 0.5) is 0 Å². The monoisotopic (exact) mass is 221 g/mol. The minimum absolute atomic E-state index is 0. The second-order valence-electron chi connectivity index (χ2n) is 3.97. The van der Waals surface area contributed by atoms with Crippen molar-refractivity contribution in [2.75, 3.05) is 6.54 Å². The maximum atomic E-state index is 10.5. The molecule has 0 aromatic heterocycles. The molecule has 2 N–H and O–H groups in total. The maximum absolute atomic E-state index is 10.5. The molecule has 1 saturated carbocycles. The average molecular weight is 222 g/mol. The van der Waals surface area contributed by atoms with E-state index in [0.717, 1.165) is 6.54 Å². The standard InChI is InChI=1S/C10H19NO2.ClH/c1-8(10(12)13)11-7-9-5-3-2-4-6-9;/h8-9,11H,2-7H2,1H3,(H,12,13);1H. The summed E-state index contributed by atoms with van der Waals surface area (Å²) >= 11 is 0. The molecule has 84 valence electrons. The van der Waals surface area contributed by atoms with Gasteiger partial charge in [0.15, 0.2) is 0 Å². The fraction of sp³-hybridized carbons (Fsp3) is 0.900. The van der Waals surface area contributed by atoms with Crippen LogP contribution in [0, 0.1) is 5.92 Å². The van der Waals surface area contributed by atoms with Crippen LogP contribution in [0.15, 0.2) is 0 Å². The van der Waals surface area contributed by atoms with Crippen molar-refractivity contribution >= 4 is 18.4 Å². The smallest absolute Gasteiger partial charge is 0.320 e. The molecule has 3 nitrogen and oxygen atoms in total. The number of carboxylic acids is 1. The van der Waals surface area contributed by atoms with Crippen LogP contribution in [0.5, 0.6) is 0 Å².